The zero-order valence-electron chi connectivity index (χ0n) is 16.8. The highest BCUT2D eigenvalue weighted by Crippen LogP contribution is 2.33. The van der Waals surface area contributed by atoms with Crippen molar-refractivity contribution in [1.82, 2.24) is 4.57 Å². The van der Waals surface area contributed by atoms with E-state index < -0.39 is 5.54 Å². The first kappa shape index (κ1) is 18.8. The number of aryl methyl sites for hydroxylation is 2. The van der Waals surface area contributed by atoms with Crippen LogP contribution in [-0.4, -0.2) is 4.57 Å². The molecule has 0 saturated heterocycles. The summed E-state index contributed by atoms with van der Waals surface area (Å²) in [7, 11) is 4.16. The van der Waals surface area contributed by atoms with Crippen LogP contribution in [0.2, 0.25) is 0 Å². The minimum atomic E-state index is -0.606. The Morgan fingerprint density at radius 3 is 2.03 bits per heavy atom. The van der Waals surface area contributed by atoms with Crippen LogP contribution in [0.15, 0.2) is 109 Å². The van der Waals surface area contributed by atoms with E-state index in [9.17, 15) is 0 Å². The molecule has 29 heavy (non-hydrogen) atoms. The first-order valence-corrected chi connectivity index (χ1v) is 9.75. The van der Waals surface area contributed by atoms with E-state index in [0.717, 1.165) is 22.6 Å². The van der Waals surface area contributed by atoms with Gasteiger partial charge in [0, 0.05) is 5.69 Å². The number of imidazole rings is 1. The molecule has 0 amide bonds. The van der Waals surface area contributed by atoms with Gasteiger partial charge in [-0.05, 0) is 35.4 Å². The van der Waals surface area contributed by atoms with Crippen LogP contribution in [0.4, 0.5) is 5.69 Å². The first-order valence-electron chi connectivity index (χ1n) is 9.75. The molecule has 4 rings (SSSR count). The van der Waals surface area contributed by atoms with Crippen LogP contribution in [0.1, 0.15) is 17.0 Å². The van der Waals surface area contributed by atoms with E-state index in [2.05, 4.69) is 102 Å². The monoisotopic (exact) mass is 379 g/mol. The van der Waals surface area contributed by atoms with E-state index in [0.29, 0.717) is 0 Å². The van der Waals surface area contributed by atoms with Gasteiger partial charge in [-0.3, -0.25) is 0 Å². The number of para-hydroxylation sites is 1. The number of hydrogen-bond acceptors (Lipinski definition) is 1. The molecule has 1 radical (unpaired) electrons. The van der Waals surface area contributed by atoms with Gasteiger partial charge in [-0.2, -0.15) is 0 Å². The molecule has 0 aliphatic rings. The van der Waals surface area contributed by atoms with Gasteiger partial charge in [0.05, 0.1) is 14.1 Å². The van der Waals surface area contributed by atoms with Crippen molar-refractivity contribution in [2.75, 3.05) is 5.32 Å². The fraction of sp³-hybridized carbons (Fsp3) is 0.115. The molecular weight excluding hydrogens is 354 g/mol. The molecule has 0 aliphatic heterocycles. The Labute approximate surface area is 172 Å². The quantitative estimate of drug-likeness (QED) is 0.485. The number of aromatic nitrogens is 2. The maximum Gasteiger partial charge on any atom is 0.291 e. The first-order chi connectivity index (χ1) is 14.2. The van der Waals surface area contributed by atoms with Crippen LogP contribution in [0.3, 0.4) is 0 Å². The van der Waals surface area contributed by atoms with Crippen molar-refractivity contribution in [3.05, 3.63) is 132 Å². The van der Waals surface area contributed by atoms with Crippen molar-refractivity contribution in [1.29, 1.82) is 0 Å². The fourth-order valence-electron chi connectivity index (χ4n) is 3.76. The third-order valence-electron chi connectivity index (χ3n) is 5.11. The Balaban J connectivity index is 1.95. The van der Waals surface area contributed by atoms with E-state index >= 15 is 0 Å². The molecule has 4 aromatic rings. The third kappa shape index (κ3) is 3.85. The van der Waals surface area contributed by atoms with Crippen molar-refractivity contribution >= 4 is 5.69 Å². The van der Waals surface area contributed by atoms with Crippen LogP contribution in [0.25, 0.3) is 0 Å². The number of benzene rings is 3. The Morgan fingerprint density at radius 1 is 0.862 bits per heavy atom. The van der Waals surface area contributed by atoms with Crippen LogP contribution >= 0.6 is 0 Å². The molecule has 1 N–H and O–H groups in total. The Morgan fingerprint density at radius 2 is 1.45 bits per heavy atom. The summed E-state index contributed by atoms with van der Waals surface area (Å²) >= 11 is 0. The summed E-state index contributed by atoms with van der Waals surface area (Å²) < 4.78 is 4.32. The summed E-state index contributed by atoms with van der Waals surface area (Å²) in [6.45, 7) is 0. The summed E-state index contributed by atoms with van der Waals surface area (Å²) in [5, 5.41) is 3.80. The van der Waals surface area contributed by atoms with Gasteiger partial charge in [0.1, 0.15) is 12.4 Å². The van der Waals surface area contributed by atoms with Crippen LogP contribution in [0, 0.1) is 6.08 Å². The van der Waals surface area contributed by atoms with Crippen molar-refractivity contribution in [2.45, 2.75) is 5.54 Å². The molecule has 1 atom stereocenters. The van der Waals surface area contributed by atoms with Crippen LogP contribution in [-0.2, 0) is 19.6 Å². The smallest absolute Gasteiger partial charge is 0.291 e. The SMILES string of the molecule is Cn1cc[n+](C)c1C(/C=[C]\c1ccccc1)(Nc1ccccc1)c1ccccc1. The largest absolute Gasteiger partial charge is 0.362 e. The number of rotatable bonds is 6. The fourth-order valence-corrected chi connectivity index (χ4v) is 3.76. The summed E-state index contributed by atoms with van der Waals surface area (Å²) in [5.41, 5.74) is 2.62. The van der Waals surface area contributed by atoms with Crippen LogP contribution in [0.5, 0.6) is 0 Å². The highest BCUT2D eigenvalue weighted by atomic mass is 15.2. The summed E-state index contributed by atoms with van der Waals surface area (Å²) in [6.07, 6.45) is 9.83. The number of anilines is 1. The molecule has 3 heteroatoms. The molecule has 3 nitrogen and oxygen atoms in total. The van der Waals surface area contributed by atoms with Crippen molar-refractivity contribution in [3.63, 3.8) is 0 Å². The second kappa shape index (κ2) is 8.19. The van der Waals surface area contributed by atoms with Gasteiger partial charge in [-0.15, -0.1) is 0 Å². The predicted octanol–water partition coefficient (Wildman–Crippen LogP) is 4.61. The molecule has 0 aliphatic carbocycles. The Hall–Kier alpha value is -3.59. The number of nitrogens with one attached hydrogen (secondary N) is 1. The Bertz CT molecular complexity index is 1060. The second-order valence-electron chi connectivity index (χ2n) is 7.16. The van der Waals surface area contributed by atoms with Crippen LogP contribution < -0.4 is 9.88 Å². The van der Waals surface area contributed by atoms with Crippen molar-refractivity contribution in [3.8, 4) is 0 Å². The molecule has 0 bridgehead atoms. The number of nitrogens with zero attached hydrogens (tertiary/aromatic N) is 2. The lowest BCUT2D eigenvalue weighted by Crippen LogP contribution is -2.47. The van der Waals surface area contributed by atoms with Gasteiger partial charge in [-0.1, -0.05) is 78.9 Å². The molecular formula is C26H25N3+. The lowest BCUT2D eigenvalue weighted by atomic mass is 9.86. The molecule has 0 saturated carbocycles. The van der Waals surface area contributed by atoms with Gasteiger partial charge < -0.3 is 5.32 Å². The molecule has 1 heterocycles. The maximum atomic E-state index is 3.80. The van der Waals surface area contributed by atoms with E-state index in [-0.39, 0.29) is 0 Å². The molecule has 3 aromatic carbocycles. The molecule has 0 fully saturated rings. The van der Waals surface area contributed by atoms with Gasteiger partial charge in [0.15, 0.2) is 5.54 Å². The summed E-state index contributed by atoms with van der Waals surface area (Å²) in [6, 6.07) is 31.1. The van der Waals surface area contributed by atoms with Gasteiger partial charge >= 0.3 is 0 Å². The zero-order chi connectivity index (χ0) is 20.1. The molecule has 0 spiro atoms. The lowest BCUT2D eigenvalue weighted by molar-refractivity contribution is -0.681. The van der Waals surface area contributed by atoms with E-state index in [1.807, 2.05) is 42.5 Å². The lowest BCUT2D eigenvalue weighted by Gasteiger charge is -2.30. The van der Waals surface area contributed by atoms with Crippen molar-refractivity contribution in [2.24, 2.45) is 14.1 Å². The van der Waals surface area contributed by atoms with E-state index in [1.165, 1.54) is 0 Å². The topological polar surface area (TPSA) is 20.8 Å². The summed E-state index contributed by atoms with van der Waals surface area (Å²) in [5.74, 6) is 1.11. The Kier molecular flexibility index (Phi) is 5.30. The van der Waals surface area contributed by atoms with E-state index in [1.54, 1.807) is 0 Å². The van der Waals surface area contributed by atoms with E-state index in [4.69, 9.17) is 0 Å². The zero-order valence-corrected chi connectivity index (χ0v) is 16.8. The minimum absolute atomic E-state index is 0.606. The predicted molar refractivity (Wildman–Crippen MR) is 117 cm³/mol. The highest BCUT2D eigenvalue weighted by molar-refractivity contribution is 5.54. The second-order valence-corrected chi connectivity index (χ2v) is 7.16. The minimum Gasteiger partial charge on any atom is -0.362 e. The third-order valence-corrected chi connectivity index (χ3v) is 5.11. The highest BCUT2D eigenvalue weighted by Gasteiger charge is 2.41. The van der Waals surface area contributed by atoms with Gasteiger partial charge in [0.25, 0.3) is 5.82 Å². The van der Waals surface area contributed by atoms with Gasteiger partial charge in [-0.25, -0.2) is 9.13 Å². The van der Waals surface area contributed by atoms with Crippen molar-refractivity contribution < 1.29 is 4.57 Å². The maximum absolute atomic E-state index is 3.80. The molecule has 1 aromatic heterocycles. The van der Waals surface area contributed by atoms with Gasteiger partial charge in [0.2, 0.25) is 0 Å². The average molecular weight is 380 g/mol. The standard InChI is InChI=1S/C26H25N3/c1-28-20-21-29(2)25(28)26(23-14-8-4-9-15-23,27-24-16-10-5-11-17-24)19-18-22-12-6-3-7-13-22/h3-17,19-21,27H,1-2H3/q+1. The number of hydrogen-bond donors (Lipinski definition) is 1. The average Bonchev–Trinajstić information content (AvgIpc) is 3.12. The summed E-state index contributed by atoms with van der Waals surface area (Å²) in [4.78, 5) is 0. The molecule has 143 valence electrons. The molecule has 1 unspecified atom stereocenters. The normalized spacial score (nSPS) is 13.3.